The Balaban J connectivity index is 2.28. The van der Waals surface area contributed by atoms with Gasteiger partial charge < -0.3 is 5.73 Å². The lowest BCUT2D eigenvalue weighted by atomic mass is 9.86. The maximum Gasteiger partial charge on any atom is 0.0794 e. The van der Waals surface area contributed by atoms with Crippen molar-refractivity contribution in [3.8, 4) is 0 Å². The first kappa shape index (κ1) is 11.3. The van der Waals surface area contributed by atoms with E-state index in [2.05, 4.69) is 31.0 Å². The molecule has 2 nitrogen and oxygen atoms in total. The number of hydrogen-bond donors (Lipinski definition) is 1. The van der Waals surface area contributed by atoms with Crippen molar-refractivity contribution in [2.24, 2.45) is 5.73 Å². The van der Waals surface area contributed by atoms with Crippen molar-refractivity contribution >= 4 is 11.3 Å². The smallest absolute Gasteiger partial charge is 0.0794 e. The number of aromatic nitrogens is 1. The van der Waals surface area contributed by atoms with E-state index in [-0.39, 0.29) is 5.54 Å². The number of nitrogens with two attached hydrogens (primary N) is 1. The number of rotatable bonds is 3. The molecule has 3 heteroatoms. The molecule has 0 radical (unpaired) electrons. The summed E-state index contributed by atoms with van der Waals surface area (Å²) in [6.45, 7) is 4.18. The molecule has 84 valence electrons. The van der Waals surface area contributed by atoms with Crippen molar-refractivity contribution in [1.82, 2.24) is 4.98 Å². The summed E-state index contributed by atoms with van der Waals surface area (Å²) in [7, 11) is 0. The molecule has 0 aliphatic carbocycles. The summed E-state index contributed by atoms with van der Waals surface area (Å²) >= 11 is 1.66. The minimum atomic E-state index is -0.322. The minimum Gasteiger partial charge on any atom is -0.321 e. The van der Waals surface area contributed by atoms with E-state index in [4.69, 9.17) is 5.73 Å². The average Bonchev–Trinajstić information content (AvgIpc) is 2.70. The molecule has 0 aliphatic rings. The molecular formula is C13H16N2S. The first-order valence-corrected chi connectivity index (χ1v) is 6.20. The van der Waals surface area contributed by atoms with Crippen LogP contribution in [0.2, 0.25) is 0 Å². The maximum absolute atomic E-state index is 6.41. The lowest BCUT2D eigenvalue weighted by Crippen LogP contribution is -2.35. The number of thiazole rings is 1. The van der Waals surface area contributed by atoms with Crippen LogP contribution in [0.15, 0.2) is 36.0 Å². The summed E-state index contributed by atoms with van der Waals surface area (Å²) in [5, 5.41) is 0. The Labute approximate surface area is 100 Å². The topological polar surface area (TPSA) is 38.9 Å². The van der Waals surface area contributed by atoms with Gasteiger partial charge in [0.05, 0.1) is 5.51 Å². The fourth-order valence-electron chi connectivity index (χ4n) is 2.00. The lowest BCUT2D eigenvalue weighted by molar-refractivity contribution is 0.492. The van der Waals surface area contributed by atoms with Gasteiger partial charge in [0.1, 0.15) is 0 Å². The van der Waals surface area contributed by atoms with E-state index in [0.717, 1.165) is 6.42 Å². The first-order valence-electron chi connectivity index (χ1n) is 5.32. The van der Waals surface area contributed by atoms with E-state index in [0.29, 0.717) is 0 Å². The number of aryl methyl sites for hydroxylation is 1. The molecule has 1 aromatic carbocycles. The van der Waals surface area contributed by atoms with Crippen LogP contribution in [0.25, 0.3) is 0 Å². The van der Waals surface area contributed by atoms with E-state index in [9.17, 15) is 0 Å². The van der Waals surface area contributed by atoms with E-state index in [1.54, 1.807) is 11.3 Å². The van der Waals surface area contributed by atoms with Crippen LogP contribution in [-0.4, -0.2) is 4.98 Å². The van der Waals surface area contributed by atoms with Gasteiger partial charge in [-0.3, -0.25) is 4.98 Å². The third kappa shape index (κ3) is 2.31. The van der Waals surface area contributed by atoms with Gasteiger partial charge in [-0.1, -0.05) is 24.3 Å². The average molecular weight is 232 g/mol. The van der Waals surface area contributed by atoms with Gasteiger partial charge >= 0.3 is 0 Å². The second-order valence-electron chi connectivity index (χ2n) is 4.38. The molecule has 2 aromatic rings. The predicted molar refractivity (Wildman–Crippen MR) is 68.5 cm³/mol. The molecule has 2 rings (SSSR count). The van der Waals surface area contributed by atoms with Crippen molar-refractivity contribution in [1.29, 1.82) is 0 Å². The highest BCUT2D eigenvalue weighted by atomic mass is 32.1. The molecule has 0 saturated carbocycles. The van der Waals surface area contributed by atoms with Crippen molar-refractivity contribution < 1.29 is 0 Å². The predicted octanol–water partition coefficient (Wildman–Crippen LogP) is 2.87. The van der Waals surface area contributed by atoms with Crippen LogP contribution < -0.4 is 5.73 Å². The van der Waals surface area contributed by atoms with Crippen LogP contribution >= 0.6 is 11.3 Å². The first-order chi connectivity index (χ1) is 7.59. The normalized spacial score (nSPS) is 14.7. The van der Waals surface area contributed by atoms with Gasteiger partial charge in [-0.05, 0) is 25.0 Å². The van der Waals surface area contributed by atoms with E-state index < -0.39 is 0 Å². The molecule has 16 heavy (non-hydrogen) atoms. The molecule has 1 unspecified atom stereocenters. The van der Waals surface area contributed by atoms with Crippen LogP contribution in [-0.2, 0) is 12.0 Å². The minimum absolute atomic E-state index is 0.322. The van der Waals surface area contributed by atoms with Crippen LogP contribution in [0.1, 0.15) is 22.9 Å². The Bertz CT molecular complexity index is 461. The van der Waals surface area contributed by atoms with E-state index in [1.165, 1.54) is 16.0 Å². The zero-order valence-electron chi connectivity index (χ0n) is 9.60. The Morgan fingerprint density at radius 2 is 2.12 bits per heavy atom. The highest BCUT2D eigenvalue weighted by Gasteiger charge is 2.23. The Morgan fingerprint density at radius 3 is 2.75 bits per heavy atom. The van der Waals surface area contributed by atoms with Gasteiger partial charge in [0.25, 0.3) is 0 Å². The zero-order valence-corrected chi connectivity index (χ0v) is 10.4. The van der Waals surface area contributed by atoms with Crippen LogP contribution in [0, 0.1) is 6.92 Å². The summed E-state index contributed by atoms with van der Waals surface area (Å²) in [4.78, 5) is 5.32. The highest BCUT2D eigenvalue weighted by Crippen LogP contribution is 2.26. The lowest BCUT2D eigenvalue weighted by Gasteiger charge is -2.26. The second-order valence-corrected chi connectivity index (χ2v) is 5.35. The maximum atomic E-state index is 6.41. The summed E-state index contributed by atoms with van der Waals surface area (Å²) in [5.41, 5.74) is 10.4. The molecule has 0 amide bonds. The largest absolute Gasteiger partial charge is 0.321 e. The molecule has 0 fully saturated rings. The third-order valence-corrected chi connectivity index (χ3v) is 3.56. The Morgan fingerprint density at radius 1 is 1.38 bits per heavy atom. The van der Waals surface area contributed by atoms with E-state index >= 15 is 0 Å². The fraction of sp³-hybridized carbons (Fsp3) is 0.308. The molecule has 0 spiro atoms. The van der Waals surface area contributed by atoms with Crippen molar-refractivity contribution in [3.63, 3.8) is 0 Å². The van der Waals surface area contributed by atoms with Crippen molar-refractivity contribution in [2.45, 2.75) is 25.8 Å². The van der Waals surface area contributed by atoms with Crippen molar-refractivity contribution in [3.05, 3.63) is 52.0 Å². The van der Waals surface area contributed by atoms with Crippen LogP contribution in [0.5, 0.6) is 0 Å². The fourth-order valence-corrected chi connectivity index (χ4v) is 2.76. The summed E-state index contributed by atoms with van der Waals surface area (Å²) in [6.07, 6.45) is 2.73. The summed E-state index contributed by atoms with van der Waals surface area (Å²) < 4.78 is 0. The standard InChI is InChI=1S/C13H16N2S/c1-10-5-3-4-6-12(10)13(2,14)7-11-8-15-9-16-11/h3-6,8-9H,7,14H2,1-2H3. The molecule has 1 atom stereocenters. The van der Waals surface area contributed by atoms with E-state index in [1.807, 2.05) is 23.8 Å². The summed E-state index contributed by atoms with van der Waals surface area (Å²) in [6, 6.07) is 8.30. The number of benzene rings is 1. The van der Waals surface area contributed by atoms with Crippen molar-refractivity contribution in [2.75, 3.05) is 0 Å². The Kier molecular flexibility index (Phi) is 3.08. The van der Waals surface area contributed by atoms with Gasteiger partial charge in [0.15, 0.2) is 0 Å². The molecule has 1 aromatic heterocycles. The van der Waals surface area contributed by atoms with Crippen LogP contribution in [0.3, 0.4) is 0 Å². The molecular weight excluding hydrogens is 216 g/mol. The summed E-state index contributed by atoms with van der Waals surface area (Å²) in [5.74, 6) is 0. The molecule has 0 aliphatic heterocycles. The number of nitrogens with zero attached hydrogens (tertiary/aromatic N) is 1. The molecule has 0 saturated heterocycles. The van der Waals surface area contributed by atoms with Gasteiger partial charge in [-0.25, -0.2) is 0 Å². The van der Waals surface area contributed by atoms with Crippen LogP contribution in [0.4, 0.5) is 0 Å². The highest BCUT2D eigenvalue weighted by molar-refractivity contribution is 7.09. The quantitative estimate of drug-likeness (QED) is 0.883. The second kappa shape index (κ2) is 4.36. The third-order valence-electron chi connectivity index (χ3n) is 2.79. The zero-order chi connectivity index (χ0) is 11.6. The van der Waals surface area contributed by atoms with Gasteiger partial charge in [-0.2, -0.15) is 0 Å². The van der Waals surface area contributed by atoms with Gasteiger partial charge in [0, 0.05) is 23.0 Å². The SMILES string of the molecule is Cc1ccccc1C(C)(N)Cc1cncs1. The molecule has 0 bridgehead atoms. The molecule has 1 heterocycles. The van der Waals surface area contributed by atoms with Gasteiger partial charge in [-0.15, -0.1) is 11.3 Å². The Hall–Kier alpha value is -1.19. The molecule has 2 N–H and O–H groups in total. The monoisotopic (exact) mass is 232 g/mol. The van der Waals surface area contributed by atoms with Gasteiger partial charge in [0.2, 0.25) is 0 Å². The number of hydrogen-bond acceptors (Lipinski definition) is 3.